The smallest absolute Gasteiger partial charge is 0.00899 e. The summed E-state index contributed by atoms with van der Waals surface area (Å²) in [7, 11) is 0. The summed E-state index contributed by atoms with van der Waals surface area (Å²) in [6.07, 6.45) is 8.33. The fourth-order valence-electron chi connectivity index (χ4n) is 3.82. The molecule has 3 rings (SSSR count). The van der Waals surface area contributed by atoms with Crippen molar-refractivity contribution in [3.63, 3.8) is 0 Å². The summed E-state index contributed by atoms with van der Waals surface area (Å²) in [6, 6.07) is 4.73. The third-order valence-electron chi connectivity index (χ3n) is 4.53. The Balaban J connectivity index is 1.51. The molecule has 1 heterocycles. The molecule has 4 atom stereocenters. The van der Waals surface area contributed by atoms with Crippen molar-refractivity contribution in [2.45, 2.75) is 44.6 Å². The topological polar surface area (TPSA) is 26.0 Å². The van der Waals surface area contributed by atoms with Crippen LogP contribution in [0.15, 0.2) is 17.5 Å². The van der Waals surface area contributed by atoms with E-state index in [0.717, 1.165) is 24.2 Å². The largest absolute Gasteiger partial charge is 0.327 e. The summed E-state index contributed by atoms with van der Waals surface area (Å²) in [6.45, 7) is 0. The Morgan fingerprint density at radius 3 is 2.94 bits per heavy atom. The number of rotatable bonds is 4. The van der Waals surface area contributed by atoms with Crippen LogP contribution in [0.25, 0.3) is 0 Å². The average molecular weight is 235 g/mol. The molecule has 1 aromatic heterocycles. The molecule has 0 radical (unpaired) electrons. The first-order valence-corrected chi connectivity index (χ1v) is 7.47. The van der Waals surface area contributed by atoms with E-state index >= 15 is 0 Å². The van der Waals surface area contributed by atoms with Crippen LogP contribution >= 0.6 is 11.3 Å². The van der Waals surface area contributed by atoms with Crippen LogP contribution < -0.4 is 5.73 Å². The third kappa shape index (κ3) is 2.18. The van der Waals surface area contributed by atoms with Crippen molar-refractivity contribution in [2.24, 2.45) is 23.5 Å². The van der Waals surface area contributed by atoms with E-state index in [-0.39, 0.29) is 0 Å². The fraction of sp³-hybridized carbons (Fsp3) is 0.714. The van der Waals surface area contributed by atoms with E-state index in [4.69, 9.17) is 5.73 Å². The second kappa shape index (κ2) is 4.50. The Morgan fingerprint density at radius 1 is 1.38 bits per heavy atom. The standard InChI is InChI=1S/C14H21NS/c15-13(9-14-2-1-5-16-14)8-12-7-10-3-4-11(12)6-10/h1-2,5,10-13H,3-4,6-9,15H2. The maximum absolute atomic E-state index is 6.28. The zero-order valence-electron chi connectivity index (χ0n) is 9.77. The average Bonchev–Trinajstić information content (AvgIpc) is 2.92. The van der Waals surface area contributed by atoms with Gasteiger partial charge >= 0.3 is 0 Å². The van der Waals surface area contributed by atoms with Crippen LogP contribution in [0.2, 0.25) is 0 Å². The van der Waals surface area contributed by atoms with Gasteiger partial charge in [-0.25, -0.2) is 0 Å². The van der Waals surface area contributed by atoms with Gasteiger partial charge in [-0.1, -0.05) is 12.5 Å². The van der Waals surface area contributed by atoms with Gasteiger partial charge in [0, 0.05) is 10.9 Å². The number of nitrogens with two attached hydrogens (primary N) is 1. The summed E-state index contributed by atoms with van der Waals surface area (Å²) >= 11 is 1.84. The van der Waals surface area contributed by atoms with Crippen LogP contribution in [0.5, 0.6) is 0 Å². The van der Waals surface area contributed by atoms with E-state index in [9.17, 15) is 0 Å². The van der Waals surface area contributed by atoms with Crippen LogP contribution in [0.1, 0.15) is 37.0 Å². The summed E-state index contributed by atoms with van der Waals surface area (Å²) in [5.74, 6) is 3.04. The number of hydrogen-bond donors (Lipinski definition) is 1. The highest BCUT2D eigenvalue weighted by atomic mass is 32.1. The molecule has 2 bridgehead atoms. The fourth-order valence-corrected chi connectivity index (χ4v) is 4.62. The Bertz CT molecular complexity index is 333. The maximum Gasteiger partial charge on any atom is 0.00899 e. The quantitative estimate of drug-likeness (QED) is 0.850. The first-order valence-electron chi connectivity index (χ1n) is 6.59. The first kappa shape index (κ1) is 10.8. The van der Waals surface area contributed by atoms with Gasteiger partial charge in [0.1, 0.15) is 0 Å². The number of fused-ring (bicyclic) bond motifs is 2. The second-order valence-electron chi connectivity index (χ2n) is 5.71. The summed E-state index contributed by atoms with van der Waals surface area (Å²) in [5, 5.41) is 2.15. The normalized spacial score (nSPS) is 34.4. The second-order valence-corrected chi connectivity index (χ2v) is 6.75. The van der Waals surface area contributed by atoms with Crippen molar-refractivity contribution in [3.8, 4) is 0 Å². The zero-order chi connectivity index (χ0) is 11.0. The molecule has 1 nitrogen and oxygen atoms in total. The van der Waals surface area contributed by atoms with Gasteiger partial charge in [-0.2, -0.15) is 0 Å². The van der Waals surface area contributed by atoms with Crippen molar-refractivity contribution in [1.82, 2.24) is 0 Å². The molecule has 2 aliphatic carbocycles. The van der Waals surface area contributed by atoms with E-state index in [1.807, 2.05) is 11.3 Å². The van der Waals surface area contributed by atoms with E-state index in [1.165, 1.54) is 37.0 Å². The summed E-state index contributed by atoms with van der Waals surface area (Å²) < 4.78 is 0. The molecule has 0 spiro atoms. The van der Waals surface area contributed by atoms with E-state index in [0.29, 0.717) is 6.04 Å². The van der Waals surface area contributed by atoms with Gasteiger partial charge in [-0.15, -0.1) is 11.3 Å². The molecule has 2 saturated carbocycles. The molecule has 2 aliphatic rings. The Morgan fingerprint density at radius 2 is 2.31 bits per heavy atom. The number of hydrogen-bond acceptors (Lipinski definition) is 2. The van der Waals surface area contributed by atoms with Crippen LogP contribution in [-0.4, -0.2) is 6.04 Å². The SMILES string of the molecule is NC(Cc1cccs1)CC1CC2CCC1C2. The van der Waals surface area contributed by atoms with Crippen LogP contribution in [0.3, 0.4) is 0 Å². The predicted molar refractivity (Wildman–Crippen MR) is 69.6 cm³/mol. The van der Waals surface area contributed by atoms with Gasteiger partial charge in [-0.05, 0) is 61.3 Å². The highest BCUT2D eigenvalue weighted by molar-refractivity contribution is 7.09. The van der Waals surface area contributed by atoms with Crippen molar-refractivity contribution >= 4 is 11.3 Å². The molecule has 2 fully saturated rings. The van der Waals surface area contributed by atoms with Gasteiger partial charge < -0.3 is 5.73 Å². The molecule has 0 aromatic carbocycles. The molecule has 4 unspecified atom stereocenters. The Kier molecular flexibility index (Phi) is 3.03. The van der Waals surface area contributed by atoms with Crippen LogP contribution in [0.4, 0.5) is 0 Å². The number of thiophene rings is 1. The van der Waals surface area contributed by atoms with Gasteiger partial charge in [-0.3, -0.25) is 0 Å². The Hall–Kier alpha value is -0.340. The predicted octanol–water partition coefficient (Wildman–Crippen LogP) is 3.44. The molecule has 88 valence electrons. The van der Waals surface area contributed by atoms with Crippen molar-refractivity contribution < 1.29 is 0 Å². The first-order chi connectivity index (χ1) is 7.81. The van der Waals surface area contributed by atoms with Crippen molar-refractivity contribution in [3.05, 3.63) is 22.4 Å². The monoisotopic (exact) mass is 235 g/mol. The molecular formula is C14H21NS. The molecule has 0 aliphatic heterocycles. The van der Waals surface area contributed by atoms with E-state index in [1.54, 1.807) is 0 Å². The van der Waals surface area contributed by atoms with Gasteiger partial charge in [0.2, 0.25) is 0 Å². The minimum Gasteiger partial charge on any atom is -0.327 e. The van der Waals surface area contributed by atoms with Gasteiger partial charge in [0.15, 0.2) is 0 Å². The third-order valence-corrected chi connectivity index (χ3v) is 5.43. The molecule has 16 heavy (non-hydrogen) atoms. The Labute approximate surface area is 102 Å². The minimum atomic E-state index is 0.392. The van der Waals surface area contributed by atoms with Crippen LogP contribution in [-0.2, 0) is 6.42 Å². The van der Waals surface area contributed by atoms with E-state index in [2.05, 4.69) is 17.5 Å². The zero-order valence-corrected chi connectivity index (χ0v) is 10.6. The molecular weight excluding hydrogens is 214 g/mol. The maximum atomic E-state index is 6.28. The van der Waals surface area contributed by atoms with Crippen LogP contribution in [0, 0.1) is 17.8 Å². The molecule has 0 amide bonds. The lowest BCUT2D eigenvalue weighted by atomic mass is 9.84. The molecule has 1 aromatic rings. The summed E-state index contributed by atoms with van der Waals surface area (Å²) in [4.78, 5) is 1.45. The lowest BCUT2D eigenvalue weighted by Gasteiger charge is -2.24. The highest BCUT2D eigenvalue weighted by Crippen LogP contribution is 2.49. The van der Waals surface area contributed by atoms with E-state index < -0.39 is 0 Å². The molecule has 0 saturated heterocycles. The van der Waals surface area contributed by atoms with Gasteiger partial charge in [0.25, 0.3) is 0 Å². The lowest BCUT2D eigenvalue weighted by Crippen LogP contribution is -2.27. The molecule has 2 N–H and O–H groups in total. The van der Waals surface area contributed by atoms with Gasteiger partial charge in [0.05, 0.1) is 0 Å². The lowest BCUT2D eigenvalue weighted by molar-refractivity contribution is 0.294. The highest BCUT2D eigenvalue weighted by Gasteiger charge is 2.39. The summed E-state index contributed by atoms with van der Waals surface area (Å²) in [5.41, 5.74) is 6.28. The minimum absolute atomic E-state index is 0.392. The van der Waals surface area contributed by atoms with Crippen molar-refractivity contribution in [1.29, 1.82) is 0 Å². The van der Waals surface area contributed by atoms with Crippen molar-refractivity contribution in [2.75, 3.05) is 0 Å². The molecule has 2 heteroatoms.